The molecule has 1 aliphatic rings. The fourth-order valence-electron chi connectivity index (χ4n) is 2.60. The van der Waals surface area contributed by atoms with Crippen LogP contribution in [0.2, 0.25) is 5.02 Å². The number of esters is 1. The first-order chi connectivity index (χ1) is 12.7. The zero-order valence-electron chi connectivity index (χ0n) is 13.6. The third-order valence-corrected chi connectivity index (χ3v) is 5.16. The van der Waals surface area contributed by atoms with Crippen molar-refractivity contribution in [2.24, 2.45) is 0 Å². The summed E-state index contributed by atoms with van der Waals surface area (Å²) >= 11 is 7.67. The molecule has 0 radical (unpaired) electrons. The number of fused-ring (bicyclic) bond motifs is 1. The Bertz CT molecular complexity index is 996. The smallest absolute Gasteiger partial charge is 0.337 e. The van der Waals surface area contributed by atoms with Crippen molar-refractivity contribution in [2.45, 2.75) is 6.61 Å². The monoisotopic (exact) mass is 383 g/mol. The number of hydrogen-bond acceptors (Lipinski definition) is 5. The molecule has 0 atom stereocenters. The Morgan fingerprint density at radius 2 is 2.00 bits per heavy atom. The van der Waals surface area contributed by atoms with Gasteiger partial charge in [-0.3, -0.25) is 0 Å². The van der Waals surface area contributed by atoms with Gasteiger partial charge in [0.1, 0.15) is 24.0 Å². The maximum absolute atomic E-state index is 12.3. The summed E-state index contributed by atoms with van der Waals surface area (Å²) in [4.78, 5) is 16.8. The molecule has 0 amide bonds. The van der Waals surface area contributed by atoms with Gasteiger partial charge in [-0.1, -0.05) is 48.0 Å². The standard InChI is InChI=1S/C20H14ClNO3S/c21-17-7-3-2-6-16(17)19-22-15(12-26-19)11-25-20(23)14-9-13-5-1-4-8-18(13)24-10-14/h1-9,12H,10-11H2. The predicted molar refractivity (Wildman–Crippen MR) is 102 cm³/mol. The molecule has 1 aromatic heterocycles. The molecule has 0 saturated heterocycles. The van der Waals surface area contributed by atoms with E-state index in [1.165, 1.54) is 11.3 Å². The highest BCUT2D eigenvalue weighted by molar-refractivity contribution is 7.13. The van der Waals surface area contributed by atoms with Gasteiger partial charge in [0, 0.05) is 16.5 Å². The molecule has 26 heavy (non-hydrogen) atoms. The van der Waals surface area contributed by atoms with Crippen LogP contribution in [0.25, 0.3) is 16.6 Å². The van der Waals surface area contributed by atoms with Crippen LogP contribution in [0.3, 0.4) is 0 Å². The second-order valence-corrected chi connectivity index (χ2v) is 6.96. The number of thiazole rings is 1. The van der Waals surface area contributed by atoms with E-state index in [1.54, 1.807) is 6.08 Å². The molecule has 4 nitrogen and oxygen atoms in total. The van der Waals surface area contributed by atoms with Gasteiger partial charge in [-0.2, -0.15) is 0 Å². The SMILES string of the molecule is O=C(OCc1csc(-c2ccccc2Cl)n1)C1=Cc2ccccc2OC1. The fraction of sp³-hybridized carbons (Fsp3) is 0.100. The molecule has 130 valence electrons. The summed E-state index contributed by atoms with van der Waals surface area (Å²) < 4.78 is 11.0. The Labute approximate surface area is 159 Å². The average molecular weight is 384 g/mol. The van der Waals surface area contributed by atoms with Crippen LogP contribution in [0.1, 0.15) is 11.3 Å². The Kier molecular flexibility index (Phi) is 4.73. The van der Waals surface area contributed by atoms with Crippen LogP contribution < -0.4 is 4.74 Å². The lowest BCUT2D eigenvalue weighted by atomic mass is 10.1. The third-order valence-electron chi connectivity index (χ3n) is 3.90. The van der Waals surface area contributed by atoms with Gasteiger partial charge in [0.05, 0.1) is 16.3 Å². The van der Waals surface area contributed by atoms with Gasteiger partial charge < -0.3 is 9.47 Å². The number of para-hydroxylation sites is 1. The van der Waals surface area contributed by atoms with Gasteiger partial charge in [0.2, 0.25) is 0 Å². The summed E-state index contributed by atoms with van der Waals surface area (Å²) in [5, 5.41) is 3.32. The summed E-state index contributed by atoms with van der Waals surface area (Å²) in [6.07, 6.45) is 1.80. The van der Waals surface area contributed by atoms with E-state index in [9.17, 15) is 4.79 Å². The van der Waals surface area contributed by atoms with Gasteiger partial charge in [-0.05, 0) is 18.2 Å². The molecule has 0 saturated carbocycles. The van der Waals surface area contributed by atoms with Crippen LogP contribution in [0.4, 0.5) is 0 Å². The van der Waals surface area contributed by atoms with Crippen molar-refractivity contribution in [3.05, 3.63) is 75.8 Å². The Morgan fingerprint density at radius 3 is 2.88 bits per heavy atom. The van der Waals surface area contributed by atoms with E-state index in [0.717, 1.165) is 21.9 Å². The van der Waals surface area contributed by atoms with Crippen molar-refractivity contribution >= 4 is 35.0 Å². The Hall–Kier alpha value is -2.63. The molecule has 4 rings (SSSR count). The predicted octanol–water partition coefficient (Wildman–Crippen LogP) is 4.98. The summed E-state index contributed by atoms with van der Waals surface area (Å²) in [6.45, 7) is 0.316. The lowest BCUT2D eigenvalue weighted by Crippen LogP contribution is -2.17. The van der Waals surface area contributed by atoms with E-state index >= 15 is 0 Å². The zero-order chi connectivity index (χ0) is 17.9. The van der Waals surface area contributed by atoms with Crippen molar-refractivity contribution in [3.8, 4) is 16.3 Å². The maximum Gasteiger partial charge on any atom is 0.337 e. The Morgan fingerprint density at radius 1 is 1.19 bits per heavy atom. The molecule has 2 aromatic carbocycles. The molecule has 0 bridgehead atoms. The molecule has 2 heterocycles. The molecule has 3 aromatic rings. The number of benzene rings is 2. The van der Waals surface area contributed by atoms with Crippen molar-refractivity contribution in [1.29, 1.82) is 0 Å². The van der Waals surface area contributed by atoms with Crippen molar-refractivity contribution in [3.63, 3.8) is 0 Å². The minimum atomic E-state index is -0.396. The highest BCUT2D eigenvalue weighted by atomic mass is 35.5. The number of hydrogen-bond donors (Lipinski definition) is 0. The molecule has 0 aliphatic carbocycles. The molecular weight excluding hydrogens is 370 g/mol. The highest BCUT2D eigenvalue weighted by Crippen LogP contribution is 2.30. The topological polar surface area (TPSA) is 48.4 Å². The summed E-state index contributed by atoms with van der Waals surface area (Å²) in [6, 6.07) is 15.1. The van der Waals surface area contributed by atoms with Gasteiger partial charge in [-0.25, -0.2) is 9.78 Å². The van der Waals surface area contributed by atoms with Crippen LogP contribution in [0.5, 0.6) is 5.75 Å². The number of aromatic nitrogens is 1. The van der Waals surface area contributed by atoms with Gasteiger partial charge >= 0.3 is 5.97 Å². The molecule has 0 N–H and O–H groups in total. The second-order valence-electron chi connectivity index (χ2n) is 5.70. The molecule has 0 spiro atoms. The summed E-state index contributed by atoms with van der Waals surface area (Å²) in [5.74, 6) is 0.375. The van der Waals surface area contributed by atoms with E-state index in [-0.39, 0.29) is 13.2 Å². The quantitative estimate of drug-likeness (QED) is 0.596. The minimum Gasteiger partial charge on any atom is -0.488 e. The van der Waals surface area contributed by atoms with Gasteiger partial charge in [0.15, 0.2) is 0 Å². The number of nitrogens with zero attached hydrogens (tertiary/aromatic N) is 1. The lowest BCUT2D eigenvalue weighted by Gasteiger charge is -2.16. The average Bonchev–Trinajstić information content (AvgIpc) is 3.15. The molecular formula is C20H14ClNO3S. The maximum atomic E-state index is 12.3. The molecule has 0 fully saturated rings. The minimum absolute atomic E-state index is 0.110. The van der Waals surface area contributed by atoms with E-state index in [4.69, 9.17) is 21.1 Å². The number of rotatable bonds is 4. The number of halogens is 1. The number of carbonyl (C=O) groups excluding carboxylic acids is 1. The number of carbonyl (C=O) groups is 1. The van der Waals surface area contributed by atoms with Crippen molar-refractivity contribution < 1.29 is 14.3 Å². The van der Waals surface area contributed by atoms with Crippen LogP contribution in [-0.4, -0.2) is 17.6 Å². The first kappa shape index (κ1) is 16.8. The van der Waals surface area contributed by atoms with Crippen LogP contribution >= 0.6 is 22.9 Å². The van der Waals surface area contributed by atoms with E-state index < -0.39 is 5.97 Å². The summed E-state index contributed by atoms with van der Waals surface area (Å²) in [7, 11) is 0. The fourth-order valence-corrected chi connectivity index (χ4v) is 3.72. The van der Waals surface area contributed by atoms with E-state index in [1.807, 2.05) is 53.9 Å². The number of ether oxygens (including phenoxy) is 2. The Balaban J connectivity index is 1.43. The normalized spacial score (nSPS) is 12.7. The van der Waals surface area contributed by atoms with E-state index in [2.05, 4.69) is 4.98 Å². The summed E-state index contributed by atoms with van der Waals surface area (Å²) in [5.41, 5.74) is 2.93. The van der Waals surface area contributed by atoms with Crippen molar-refractivity contribution in [1.82, 2.24) is 4.98 Å². The lowest BCUT2D eigenvalue weighted by molar-refractivity contribution is -0.140. The second kappa shape index (κ2) is 7.32. The van der Waals surface area contributed by atoms with E-state index in [0.29, 0.717) is 16.3 Å². The first-order valence-electron chi connectivity index (χ1n) is 7.99. The third kappa shape index (κ3) is 3.49. The zero-order valence-corrected chi connectivity index (χ0v) is 15.2. The van der Waals surface area contributed by atoms with Crippen LogP contribution in [0.15, 0.2) is 59.5 Å². The van der Waals surface area contributed by atoms with Crippen LogP contribution in [-0.2, 0) is 16.1 Å². The van der Waals surface area contributed by atoms with Gasteiger partial charge in [0.25, 0.3) is 0 Å². The highest BCUT2D eigenvalue weighted by Gasteiger charge is 2.18. The van der Waals surface area contributed by atoms with Crippen molar-refractivity contribution in [2.75, 3.05) is 6.61 Å². The first-order valence-corrected chi connectivity index (χ1v) is 9.25. The van der Waals surface area contributed by atoms with Crippen LogP contribution in [0, 0.1) is 0 Å². The van der Waals surface area contributed by atoms with Gasteiger partial charge in [-0.15, -0.1) is 11.3 Å². The molecule has 0 unspecified atom stereocenters. The molecule has 6 heteroatoms. The molecule has 1 aliphatic heterocycles. The largest absolute Gasteiger partial charge is 0.488 e.